The maximum absolute atomic E-state index is 10.4. The average Bonchev–Trinajstić information content (AvgIpc) is 2.47. The zero-order valence-electron chi connectivity index (χ0n) is 13.4. The monoisotopic (exact) mass is 344 g/mol. The van der Waals surface area contributed by atoms with Gasteiger partial charge in [-0.2, -0.15) is 0 Å². The fourth-order valence-corrected chi connectivity index (χ4v) is 1.65. The fraction of sp³-hybridized carbons (Fsp3) is 0.500. The number of carboxylic acids is 4. The SMILES string of the molecule is C=CC(CCC(=O)O)CC(=O)O.C=CC(CCCC(=O)O)C(=O)O. The Balaban J connectivity index is 0. The van der Waals surface area contributed by atoms with Gasteiger partial charge in [0, 0.05) is 12.8 Å². The molecule has 0 aromatic rings. The number of carbonyl (C=O) groups is 4. The Hall–Kier alpha value is -2.64. The van der Waals surface area contributed by atoms with E-state index in [0.717, 1.165) is 0 Å². The van der Waals surface area contributed by atoms with Crippen molar-refractivity contribution in [3.05, 3.63) is 25.3 Å². The molecule has 0 aromatic heterocycles. The van der Waals surface area contributed by atoms with Gasteiger partial charge in [0.2, 0.25) is 0 Å². The van der Waals surface area contributed by atoms with Gasteiger partial charge in [-0.15, -0.1) is 13.2 Å². The predicted molar refractivity (Wildman–Crippen MR) is 85.6 cm³/mol. The quantitative estimate of drug-likeness (QED) is 0.394. The molecule has 136 valence electrons. The van der Waals surface area contributed by atoms with Gasteiger partial charge in [0.15, 0.2) is 0 Å². The van der Waals surface area contributed by atoms with Crippen LogP contribution in [-0.4, -0.2) is 44.3 Å². The molecule has 4 N–H and O–H groups in total. The van der Waals surface area contributed by atoms with Crippen molar-refractivity contribution in [1.29, 1.82) is 0 Å². The Kier molecular flexibility index (Phi) is 13.8. The second kappa shape index (κ2) is 14.0. The lowest BCUT2D eigenvalue weighted by atomic mass is 10.00. The van der Waals surface area contributed by atoms with E-state index in [0.29, 0.717) is 19.3 Å². The average molecular weight is 344 g/mol. The second-order valence-electron chi connectivity index (χ2n) is 4.99. The van der Waals surface area contributed by atoms with Crippen LogP contribution in [0.25, 0.3) is 0 Å². The van der Waals surface area contributed by atoms with Gasteiger partial charge in [-0.1, -0.05) is 12.2 Å². The number of carboxylic acid groups (broad SMARTS) is 4. The third kappa shape index (κ3) is 15.7. The molecule has 0 amide bonds. The molecule has 0 rings (SSSR count). The normalized spacial score (nSPS) is 12.0. The topological polar surface area (TPSA) is 149 Å². The van der Waals surface area contributed by atoms with E-state index in [9.17, 15) is 19.2 Å². The van der Waals surface area contributed by atoms with Crippen molar-refractivity contribution in [2.45, 2.75) is 38.5 Å². The van der Waals surface area contributed by atoms with Crippen LogP contribution in [0.5, 0.6) is 0 Å². The van der Waals surface area contributed by atoms with Crippen LogP contribution >= 0.6 is 0 Å². The summed E-state index contributed by atoms with van der Waals surface area (Å²) < 4.78 is 0. The summed E-state index contributed by atoms with van der Waals surface area (Å²) in [7, 11) is 0. The summed E-state index contributed by atoms with van der Waals surface area (Å²) in [6, 6.07) is 0. The van der Waals surface area contributed by atoms with Crippen molar-refractivity contribution in [1.82, 2.24) is 0 Å². The van der Waals surface area contributed by atoms with Crippen LogP contribution in [0.2, 0.25) is 0 Å². The Morgan fingerprint density at radius 3 is 1.67 bits per heavy atom. The number of allylic oxidation sites excluding steroid dienone is 1. The van der Waals surface area contributed by atoms with Crippen LogP contribution in [0.4, 0.5) is 0 Å². The molecule has 8 nitrogen and oxygen atoms in total. The van der Waals surface area contributed by atoms with E-state index >= 15 is 0 Å². The zero-order chi connectivity index (χ0) is 19.1. The molecule has 0 aliphatic heterocycles. The maximum Gasteiger partial charge on any atom is 0.310 e. The van der Waals surface area contributed by atoms with Crippen LogP contribution < -0.4 is 0 Å². The number of aliphatic carboxylic acids is 4. The summed E-state index contributed by atoms with van der Waals surface area (Å²) in [6.07, 6.45) is 3.81. The van der Waals surface area contributed by atoms with Gasteiger partial charge in [0.1, 0.15) is 0 Å². The highest BCUT2D eigenvalue weighted by molar-refractivity contribution is 5.72. The Morgan fingerprint density at radius 2 is 1.33 bits per heavy atom. The fourth-order valence-electron chi connectivity index (χ4n) is 1.65. The first-order chi connectivity index (χ1) is 11.1. The molecular formula is C16H24O8. The summed E-state index contributed by atoms with van der Waals surface area (Å²) >= 11 is 0. The molecular weight excluding hydrogens is 320 g/mol. The first-order valence-corrected chi connectivity index (χ1v) is 7.27. The van der Waals surface area contributed by atoms with Crippen LogP contribution in [0.15, 0.2) is 25.3 Å². The second-order valence-corrected chi connectivity index (χ2v) is 4.99. The minimum Gasteiger partial charge on any atom is -0.481 e. The van der Waals surface area contributed by atoms with Crippen molar-refractivity contribution in [2.24, 2.45) is 11.8 Å². The molecule has 2 atom stereocenters. The molecule has 8 heteroatoms. The molecule has 0 spiro atoms. The van der Waals surface area contributed by atoms with E-state index < -0.39 is 29.8 Å². The molecule has 2 unspecified atom stereocenters. The highest BCUT2D eigenvalue weighted by Crippen LogP contribution is 2.12. The van der Waals surface area contributed by atoms with Crippen molar-refractivity contribution in [2.75, 3.05) is 0 Å². The van der Waals surface area contributed by atoms with E-state index in [4.69, 9.17) is 20.4 Å². The van der Waals surface area contributed by atoms with Crippen molar-refractivity contribution in [3.63, 3.8) is 0 Å². The van der Waals surface area contributed by atoms with Gasteiger partial charge in [0.25, 0.3) is 0 Å². The van der Waals surface area contributed by atoms with E-state index in [-0.39, 0.29) is 25.2 Å². The Bertz CT molecular complexity index is 455. The summed E-state index contributed by atoms with van der Waals surface area (Å²) in [5.74, 6) is -4.54. The number of rotatable bonds is 12. The summed E-state index contributed by atoms with van der Waals surface area (Å²) in [4.78, 5) is 40.8. The smallest absolute Gasteiger partial charge is 0.310 e. The summed E-state index contributed by atoms with van der Waals surface area (Å²) in [6.45, 7) is 6.79. The minimum atomic E-state index is -0.949. The Labute approximate surface area is 140 Å². The largest absolute Gasteiger partial charge is 0.481 e. The molecule has 24 heavy (non-hydrogen) atoms. The number of hydrogen-bond acceptors (Lipinski definition) is 4. The van der Waals surface area contributed by atoms with Gasteiger partial charge in [-0.3, -0.25) is 19.2 Å². The lowest BCUT2D eigenvalue weighted by molar-refractivity contribution is -0.141. The van der Waals surface area contributed by atoms with Gasteiger partial charge in [-0.05, 0) is 25.2 Å². The summed E-state index contributed by atoms with van der Waals surface area (Å²) in [5, 5.41) is 33.5. The maximum atomic E-state index is 10.4. The molecule has 0 saturated carbocycles. The van der Waals surface area contributed by atoms with E-state index in [1.165, 1.54) is 12.2 Å². The molecule has 0 aliphatic carbocycles. The van der Waals surface area contributed by atoms with E-state index in [2.05, 4.69) is 13.2 Å². The van der Waals surface area contributed by atoms with Crippen LogP contribution in [0, 0.1) is 11.8 Å². The molecule has 0 bridgehead atoms. The van der Waals surface area contributed by atoms with Crippen LogP contribution in [0.3, 0.4) is 0 Å². The first kappa shape index (κ1) is 23.6. The number of hydrogen-bond donors (Lipinski definition) is 4. The van der Waals surface area contributed by atoms with Gasteiger partial charge >= 0.3 is 23.9 Å². The third-order valence-electron chi connectivity index (χ3n) is 3.01. The van der Waals surface area contributed by atoms with Crippen molar-refractivity contribution >= 4 is 23.9 Å². The van der Waals surface area contributed by atoms with Crippen LogP contribution in [-0.2, 0) is 19.2 Å². The third-order valence-corrected chi connectivity index (χ3v) is 3.01. The highest BCUT2D eigenvalue weighted by Gasteiger charge is 2.12. The van der Waals surface area contributed by atoms with E-state index in [1.54, 1.807) is 0 Å². The van der Waals surface area contributed by atoms with Crippen LogP contribution in [0.1, 0.15) is 38.5 Å². The molecule has 0 heterocycles. The van der Waals surface area contributed by atoms with Gasteiger partial charge in [0.05, 0.1) is 12.3 Å². The van der Waals surface area contributed by atoms with Gasteiger partial charge in [-0.25, -0.2) is 0 Å². The molecule has 0 aliphatic rings. The molecule has 0 radical (unpaired) electrons. The van der Waals surface area contributed by atoms with Crippen molar-refractivity contribution in [3.8, 4) is 0 Å². The zero-order valence-corrected chi connectivity index (χ0v) is 13.4. The highest BCUT2D eigenvalue weighted by atomic mass is 16.4. The standard InChI is InChI=1S/2C8H12O4/c1-2-6(5-8(11)12)3-4-7(9)10;1-2-6(8(11)12)4-3-5-7(9)10/h2*2,6H,1,3-5H2,(H,9,10)(H,11,12). The Morgan fingerprint density at radius 1 is 0.792 bits per heavy atom. The molecule has 0 saturated heterocycles. The van der Waals surface area contributed by atoms with Crippen molar-refractivity contribution < 1.29 is 39.6 Å². The lowest BCUT2D eigenvalue weighted by Crippen LogP contribution is -2.11. The first-order valence-electron chi connectivity index (χ1n) is 7.27. The van der Waals surface area contributed by atoms with E-state index in [1.807, 2.05) is 0 Å². The lowest BCUT2D eigenvalue weighted by Gasteiger charge is -2.06. The predicted octanol–water partition coefficient (Wildman–Crippen LogP) is 2.26. The molecule has 0 fully saturated rings. The molecule has 0 aromatic carbocycles. The van der Waals surface area contributed by atoms with Gasteiger partial charge < -0.3 is 20.4 Å². The summed E-state index contributed by atoms with van der Waals surface area (Å²) in [5.41, 5.74) is 0. The minimum absolute atomic E-state index is 0.00995.